The Morgan fingerprint density at radius 2 is 1.40 bits per heavy atom. The molecular weight excluding hydrogens is 322 g/mol. The summed E-state index contributed by atoms with van der Waals surface area (Å²) in [6.45, 7) is 1.64. The van der Waals surface area contributed by atoms with Crippen molar-refractivity contribution in [3.63, 3.8) is 0 Å². The minimum atomic E-state index is -1.26. The first-order valence-electron chi connectivity index (χ1n) is 8.07. The SMILES string of the molecule is C[C@H]1O[C@H](Nc2ccc(N=Nc3ccccc3)cc2)[C@@H](O)[C@@H](O)[C@@H]1O. The molecule has 7 nitrogen and oxygen atoms in total. The zero-order chi connectivity index (χ0) is 17.8. The zero-order valence-electron chi connectivity index (χ0n) is 13.7. The van der Waals surface area contributed by atoms with Crippen LogP contribution < -0.4 is 5.32 Å². The summed E-state index contributed by atoms with van der Waals surface area (Å²) < 4.78 is 5.51. The average molecular weight is 343 g/mol. The first-order valence-corrected chi connectivity index (χ1v) is 8.07. The highest BCUT2D eigenvalue weighted by Gasteiger charge is 2.41. The molecule has 7 heteroatoms. The second kappa shape index (κ2) is 7.71. The molecule has 0 spiro atoms. The van der Waals surface area contributed by atoms with Crippen LogP contribution in [0.1, 0.15) is 6.92 Å². The normalized spacial score (nSPS) is 29.7. The van der Waals surface area contributed by atoms with Gasteiger partial charge in [0.05, 0.1) is 17.5 Å². The lowest BCUT2D eigenvalue weighted by Crippen LogP contribution is -2.58. The molecule has 2 aromatic carbocycles. The molecule has 2 aromatic rings. The molecule has 0 amide bonds. The zero-order valence-corrected chi connectivity index (χ0v) is 13.7. The van der Waals surface area contributed by atoms with Gasteiger partial charge in [0.25, 0.3) is 0 Å². The van der Waals surface area contributed by atoms with Crippen LogP contribution in [0, 0.1) is 0 Å². The second-order valence-electron chi connectivity index (χ2n) is 5.96. The molecular formula is C18H21N3O4. The molecule has 3 rings (SSSR count). The molecule has 0 aliphatic carbocycles. The Labute approximate surface area is 145 Å². The van der Waals surface area contributed by atoms with E-state index >= 15 is 0 Å². The summed E-state index contributed by atoms with van der Waals surface area (Å²) in [7, 11) is 0. The molecule has 1 heterocycles. The van der Waals surface area contributed by atoms with E-state index in [4.69, 9.17) is 4.74 Å². The van der Waals surface area contributed by atoms with E-state index in [0.29, 0.717) is 11.4 Å². The number of nitrogens with zero attached hydrogens (tertiary/aromatic N) is 2. The fourth-order valence-electron chi connectivity index (χ4n) is 2.57. The Balaban J connectivity index is 1.64. The van der Waals surface area contributed by atoms with Gasteiger partial charge < -0.3 is 25.4 Å². The third-order valence-corrected chi connectivity index (χ3v) is 4.07. The van der Waals surface area contributed by atoms with Gasteiger partial charge in [-0.3, -0.25) is 0 Å². The van der Waals surface area contributed by atoms with Crippen LogP contribution in [0.25, 0.3) is 0 Å². The Morgan fingerprint density at radius 1 is 0.800 bits per heavy atom. The van der Waals surface area contributed by atoms with Gasteiger partial charge in [0, 0.05) is 5.69 Å². The van der Waals surface area contributed by atoms with E-state index in [0.717, 1.165) is 5.69 Å². The maximum atomic E-state index is 10.0. The van der Waals surface area contributed by atoms with E-state index in [2.05, 4.69) is 15.5 Å². The van der Waals surface area contributed by atoms with Crippen molar-refractivity contribution in [2.24, 2.45) is 10.2 Å². The molecule has 0 bridgehead atoms. The third kappa shape index (κ3) is 4.21. The van der Waals surface area contributed by atoms with Crippen molar-refractivity contribution >= 4 is 17.1 Å². The fourth-order valence-corrected chi connectivity index (χ4v) is 2.57. The summed E-state index contributed by atoms with van der Waals surface area (Å²) >= 11 is 0. The van der Waals surface area contributed by atoms with Crippen LogP contribution in [0.15, 0.2) is 64.8 Å². The molecule has 1 aliphatic rings. The standard InChI is InChI=1S/C18H21N3O4/c1-11-15(22)16(23)17(24)18(25-11)19-12-7-9-14(10-8-12)21-20-13-5-3-2-4-6-13/h2-11,15-19,22-24H,1H3/t11-,15-,16+,17+,18+/m1/s1. The summed E-state index contributed by atoms with van der Waals surface area (Å²) in [5, 5.41) is 40.9. The highest BCUT2D eigenvalue weighted by Crippen LogP contribution is 2.24. The van der Waals surface area contributed by atoms with Gasteiger partial charge in [0.15, 0.2) is 6.23 Å². The van der Waals surface area contributed by atoms with Gasteiger partial charge in [-0.1, -0.05) is 18.2 Å². The maximum absolute atomic E-state index is 10.0. The molecule has 4 N–H and O–H groups in total. The van der Waals surface area contributed by atoms with Gasteiger partial charge >= 0.3 is 0 Å². The van der Waals surface area contributed by atoms with Crippen molar-refractivity contribution < 1.29 is 20.1 Å². The lowest BCUT2D eigenvalue weighted by molar-refractivity contribution is -0.209. The Bertz CT molecular complexity index is 708. The molecule has 0 radical (unpaired) electrons. The van der Waals surface area contributed by atoms with E-state index in [-0.39, 0.29) is 0 Å². The van der Waals surface area contributed by atoms with Crippen LogP contribution >= 0.6 is 0 Å². The van der Waals surface area contributed by atoms with Gasteiger partial charge in [-0.15, -0.1) is 0 Å². The minimum Gasteiger partial charge on any atom is -0.388 e. The number of rotatable bonds is 4. The van der Waals surface area contributed by atoms with Gasteiger partial charge in [0.2, 0.25) is 0 Å². The predicted octanol–water partition coefficient (Wildman–Crippen LogP) is 2.34. The number of azo groups is 1. The molecule has 132 valence electrons. The maximum Gasteiger partial charge on any atom is 0.157 e. The minimum absolute atomic E-state index is 0.588. The van der Waals surface area contributed by atoms with E-state index in [1.165, 1.54) is 0 Å². The fraction of sp³-hybridized carbons (Fsp3) is 0.333. The molecule has 1 saturated heterocycles. The highest BCUT2D eigenvalue weighted by atomic mass is 16.5. The van der Waals surface area contributed by atoms with Crippen molar-refractivity contribution in [3.05, 3.63) is 54.6 Å². The van der Waals surface area contributed by atoms with Crippen LogP contribution in [0.4, 0.5) is 17.1 Å². The summed E-state index contributed by atoms with van der Waals surface area (Å²) in [5.41, 5.74) is 2.15. The number of hydrogen-bond acceptors (Lipinski definition) is 7. The van der Waals surface area contributed by atoms with Crippen LogP contribution in [-0.4, -0.2) is 46.0 Å². The molecule has 0 aromatic heterocycles. The Kier molecular flexibility index (Phi) is 5.40. The predicted molar refractivity (Wildman–Crippen MR) is 93.0 cm³/mol. The average Bonchev–Trinajstić information content (AvgIpc) is 2.64. The van der Waals surface area contributed by atoms with Gasteiger partial charge in [-0.2, -0.15) is 10.2 Å². The number of benzene rings is 2. The molecule has 0 saturated carbocycles. The third-order valence-electron chi connectivity index (χ3n) is 4.07. The van der Waals surface area contributed by atoms with E-state index < -0.39 is 30.6 Å². The van der Waals surface area contributed by atoms with Crippen molar-refractivity contribution in [2.45, 2.75) is 37.6 Å². The van der Waals surface area contributed by atoms with Crippen molar-refractivity contribution in [2.75, 3.05) is 5.32 Å². The summed E-state index contributed by atoms with van der Waals surface area (Å²) in [4.78, 5) is 0. The van der Waals surface area contributed by atoms with E-state index in [1.54, 1.807) is 31.2 Å². The smallest absolute Gasteiger partial charge is 0.157 e. The van der Waals surface area contributed by atoms with Crippen LogP contribution in [0.5, 0.6) is 0 Å². The summed E-state index contributed by atoms with van der Waals surface area (Å²) in [6.07, 6.45) is -5.02. The van der Waals surface area contributed by atoms with Crippen LogP contribution in [0.3, 0.4) is 0 Å². The number of aliphatic hydroxyl groups is 3. The first kappa shape index (κ1) is 17.5. The van der Waals surface area contributed by atoms with E-state index in [1.807, 2.05) is 30.3 Å². The summed E-state index contributed by atoms with van der Waals surface area (Å²) in [6, 6.07) is 16.5. The summed E-state index contributed by atoms with van der Waals surface area (Å²) in [5.74, 6) is 0. The van der Waals surface area contributed by atoms with Crippen molar-refractivity contribution in [1.82, 2.24) is 0 Å². The first-order chi connectivity index (χ1) is 12.0. The van der Waals surface area contributed by atoms with Gasteiger partial charge in [0.1, 0.15) is 18.3 Å². The lowest BCUT2D eigenvalue weighted by Gasteiger charge is -2.39. The topological polar surface area (TPSA) is 107 Å². The molecule has 25 heavy (non-hydrogen) atoms. The molecule has 5 atom stereocenters. The van der Waals surface area contributed by atoms with Crippen molar-refractivity contribution in [3.8, 4) is 0 Å². The van der Waals surface area contributed by atoms with E-state index in [9.17, 15) is 15.3 Å². The lowest BCUT2D eigenvalue weighted by atomic mass is 9.99. The quantitative estimate of drug-likeness (QED) is 0.638. The van der Waals surface area contributed by atoms with Crippen molar-refractivity contribution in [1.29, 1.82) is 0 Å². The number of nitrogens with one attached hydrogen (secondary N) is 1. The molecule has 1 fully saturated rings. The Hall–Kier alpha value is -2.32. The highest BCUT2D eigenvalue weighted by molar-refractivity contribution is 5.51. The monoisotopic (exact) mass is 343 g/mol. The number of hydrogen-bond donors (Lipinski definition) is 4. The number of anilines is 1. The largest absolute Gasteiger partial charge is 0.388 e. The number of ether oxygens (including phenoxy) is 1. The van der Waals surface area contributed by atoms with Crippen LogP contribution in [-0.2, 0) is 4.74 Å². The van der Waals surface area contributed by atoms with Crippen LogP contribution in [0.2, 0.25) is 0 Å². The van der Waals surface area contributed by atoms with Gasteiger partial charge in [-0.05, 0) is 43.3 Å². The number of aliphatic hydroxyl groups excluding tert-OH is 3. The van der Waals surface area contributed by atoms with Gasteiger partial charge in [-0.25, -0.2) is 0 Å². The Morgan fingerprint density at radius 3 is 2.04 bits per heavy atom. The molecule has 1 aliphatic heterocycles. The molecule has 0 unspecified atom stereocenters. The second-order valence-corrected chi connectivity index (χ2v) is 5.96.